The molecule has 0 aromatic heterocycles. The van der Waals surface area contributed by atoms with Crippen LogP contribution in [0.1, 0.15) is 32.3 Å². The number of hydrogen-bond donors (Lipinski definition) is 2. The van der Waals surface area contributed by atoms with Gasteiger partial charge in [0.05, 0.1) is 16.9 Å². The van der Waals surface area contributed by atoms with E-state index < -0.39 is 11.7 Å². The van der Waals surface area contributed by atoms with Crippen molar-refractivity contribution in [3.8, 4) is 0 Å². The van der Waals surface area contributed by atoms with Crippen LogP contribution in [0.2, 0.25) is 0 Å². The van der Waals surface area contributed by atoms with Gasteiger partial charge in [0.15, 0.2) is 0 Å². The van der Waals surface area contributed by atoms with Gasteiger partial charge in [-0.3, -0.25) is 0 Å². The minimum atomic E-state index is -4.35. The second-order valence-electron chi connectivity index (χ2n) is 5.51. The lowest BCUT2D eigenvalue weighted by molar-refractivity contribution is -0.137. The molecule has 0 fully saturated rings. The molecule has 0 heterocycles. The Hall–Kier alpha value is -1.43. The van der Waals surface area contributed by atoms with E-state index >= 15 is 0 Å². The van der Waals surface area contributed by atoms with Crippen LogP contribution in [-0.4, -0.2) is 31.1 Å². The van der Waals surface area contributed by atoms with Crippen LogP contribution >= 0.6 is 0 Å². The van der Waals surface area contributed by atoms with Gasteiger partial charge >= 0.3 is 6.18 Å². The molecule has 0 unspecified atom stereocenters. The molecule has 0 saturated carbocycles. The first-order valence-electron chi connectivity index (χ1n) is 7.12. The summed E-state index contributed by atoms with van der Waals surface area (Å²) in [6.07, 6.45) is -2.38. The molecule has 3 N–H and O–H groups in total. The summed E-state index contributed by atoms with van der Waals surface area (Å²) in [6, 6.07) is 3.92. The van der Waals surface area contributed by atoms with Crippen molar-refractivity contribution in [2.24, 2.45) is 0 Å². The van der Waals surface area contributed by atoms with Crippen molar-refractivity contribution in [2.45, 2.75) is 38.9 Å². The van der Waals surface area contributed by atoms with Gasteiger partial charge in [0.1, 0.15) is 0 Å². The van der Waals surface area contributed by atoms with E-state index in [2.05, 4.69) is 31.1 Å². The van der Waals surface area contributed by atoms with Crippen LogP contribution in [0, 0.1) is 0 Å². The van der Waals surface area contributed by atoms with Gasteiger partial charge in [-0.25, -0.2) is 0 Å². The van der Waals surface area contributed by atoms with Gasteiger partial charge in [0, 0.05) is 12.6 Å². The monoisotopic (exact) mass is 303 g/mol. The van der Waals surface area contributed by atoms with Crippen molar-refractivity contribution in [2.75, 3.05) is 31.2 Å². The van der Waals surface area contributed by atoms with Crippen LogP contribution in [0.3, 0.4) is 0 Å². The van der Waals surface area contributed by atoms with E-state index in [9.17, 15) is 13.2 Å². The first-order valence-corrected chi connectivity index (χ1v) is 7.12. The lowest BCUT2D eigenvalue weighted by Gasteiger charge is -2.20. The third-order valence-electron chi connectivity index (χ3n) is 3.51. The van der Waals surface area contributed by atoms with E-state index in [0.29, 0.717) is 18.3 Å². The van der Waals surface area contributed by atoms with Crippen LogP contribution in [-0.2, 0) is 6.18 Å². The Kier molecular flexibility index (Phi) is 6.33. The molecule has 1 aromatic carbocycles. The molecule has 0 aliphatic heterocycles. The molecule has 21 heavy (non-hydrogen) atoms. The summed E-state index contributed by atoms with van der Waals surface area (Å²) in [5.41, 5.74) is 5.62. The SMILES string of the molecule is CC(C)N(C)CCCCNc1ccc(C(F)(F)F)cc1N. The molecule has 0 aliphatic rings. The highest BCUT2D eigenvalue weighted by atomic mass is 19.4. The standard InChI is InChI=1S/C15H24F3N3/c1-11(2)21(3)9-5-4-8-20-14-7-6-12(10-13(14)19)15(16,17)18/h6-7,10-11,20H,4-5,8-9,19H2,1-3H3. The molecule has 120 valence electrons. The normalized spacial score (nSPS) is 12.2. The number of nitrogen functional groups attached to an aromatic ring is 1. The summed E-state index contributed by atoms with van der Waals surface area (Å²) in [5.74, 6) is 0. The number of benzene rings is 1. The summed E-state index contributed by atoms with van der Waals surface area (Å²) in [5, 5.41) is 3.08. The van der Waals surface area contributed by atoms with E-state index in [1.165, 1.54) is 6.07 Å². The molecule has 0 aliphatic carbocycles. The molecule has 0 amide bonds. The van der Waals surface area contributed by atoms with Crippen molar-refractivity contribution >= 4 is 11.4 Å². The Morgan fingerprint density at radius 1 is 1.24 bits per heavy atom. The smallest absolute Gasteiger partial charge is 0.397 e. The lowest BCUT2D eigenvalue weighted by atomic mass is 10.1. The number of anilines is 2. The van der Waals surface area contributed by atoms with Crippen LogP contribution in [0.15, 0.2) is 18.2 Å². The zero-order valence-electron chi connectivity index (χ0n) is 12.8. The molecular weight excluding hydrogens is 279 g/mol. The minimum absolute atomic E-state index is 0.129. The first kappa shape index (κ1) is 17.6. The molecular formula is C15H24F3N3. The van der Waals surface area contributed by atoms with E-state index in [1.807, 2.05) is 0 Å². The van der Waals surface area contributed by atoms with Gasteiger partial charge in [-0.05, 0) is 58.5 Å². The summed E-state index contributed by atoms with van der Waals surface area (Å²) in [4.78, 5) is 2.26. The van der Waals surface area contributed by atoms with E-state index in [4.69, 9.17) is 5.73 Å². The van der Waals surface area contributed by atoms with Crippen molar-refractivity contribution in [1.82, 2.24) is 4.90 Å². The summed E-state index contributed by atoms with van der Waals surface area (Å²) in [6.45, 7) is 5.98. The Morgan fingerprint density at radius 3 is 2.43 bits per heavy atom. The number of hydrogen-bond acceptors (Lipinski definition) is 3. The van der Waals surface area contributed by atoms with Crippen LogP contribution in [0.5, 0.6) is 0 Å². The molecule has 6 heteroatoms. The topological polar surface area (TPSA) is 41.3 Å². The summed E-state index contributed by atoms with van der Waals surface area (Å²) >= 11 is 0. The quantitative estimate of drug-likeness (QED) is 0.594. The second kappa shape index (κ2) is 7.54. The van der Waals surface area contributed by atoms with E-state index in [-0.39, 0.29) is 5.69 Å². The highest BCUT2D eigenvalue weighted by molar-refractivity contribution is 5.67. The van der Waals surface area contributed by atoms with Crippen molar-refractivity contribution in [3.05, 3.63) is 23.8 Å². The van der Waals surface area contributed by atoms with Crippen molar-refractivity contribution < 1.29 is 13.2 Å². The summed E-state index contributed by atoms with van der Waals surface area (Å²) < 4.78 is 37.5. The Morgan fingerprint density at radius 2 is 1.90 bits per heavy atom. The van der Waals surface area contributed by atoms with Crippen molar-refractivity contribution in [3.63, 3.8) is 0 Å². The van der Waals surface area contributed by atoms with Crippen molar-refractivity contribution in [1.29, 1.82) is 0 Å². The first-order chi connectivity index (χ1) is 9.71. The average molecular weight is 303 g/mol. The Bertz CT molecular complexity index is 444. The van der Waals surface area contributed by atoms with E-state index in [1.54, 1.807) is 0 Å². The molecule has 1 aromatic rings. The number of rotatable bonds is 7. The zero-order valence-corrected chi connectivity index (χ0v) is 12.8. The maximum atomic E-state index is 12.5. The summed E-state index contributed by atoms with van der Waals surface area (Å²) in [7, 11) is 2.08. The molecule has 1 rings (SSSR count). The van der Waals surface area contributed by atoms with Gasteiger partial charge in [0.2, 0.25) is 0 Å². The fourth-order valence-corrected chi connectivity index (χ4v) is 1.87. The Labute approximate surface area is 124 Å². The molecule has 0 bridgehead atoms. The maximum Gasteiger partial charge on any atom is 0.416 e. The van der Waals surface area contributed by atoms with Crippen LogP contribution in [0.25, 0.3) is 0 Å². The highest BCUT2D eigenvalue weighted by Crippen LogP contribution is 2.32. The number of nitrogens with zero attached hydrogens (tertiary/aromatic N) is 1. The number of unbranched alkanes of at least 4 members (excludes halogenated alkanes) is 1. The second-order valence-corrected chi connectivity index (χ2v) is 5.51. The molecule has 3 nitrogen and oxygen atoms in total. The minimum Gasteiger partial charge on any atom is -0.397 e. The predicted octanol–water partition coefficient (Wildman–Crippen LogP) is 3.82. The molecule has 0 radical (unpaired) electrons. The predicted molar refractivity (Wildman–Crippen MR) is 81.3 cm³/mol. The number of alkyl halides is 3. The van der Waals surface area contributed by atoms with E-state index in [0.717, 1.165) is 31.5 Å². The number of nitrogens with two attached hydrogens (primary N) is 1. The van der Waals surface area contributed by atoms with Gasteiger partial charge in [0.25, 0.3) is 0 Å². The lowest BCUT2D eigenvalue weighted by Crippen LogP contribution is -2.27. The van der Waals surface area contributed by atoms with Gasteiger partial charge in [-0.1, -0.05) is 0 Å². The van der Waals surface area contributed by atoms with Gasteiger partial charge < -0.3 is 16.0 Å². The number of nitrogens with one attached hydrogen (secondary N) is 1. The number of halogens is 3. The molecule has 0 atom stereocenters. The average Bonchev–Trinajstić information content (AvgIpc) is 2.38. The maximum absolute atomic E-state index is 12.5. The van der Waals surface area contributed by atoms with Crippen LogP contribution < -0.4 is 11.1 Å². The largest absolute Gasteiger partial charge is 0.416 e. The van der Waals surface area contributed by atoms with Gasteiger partial charge in [-0.15, -0.1) is 0 Å². The third-order valence-corrected chi connectivity index (χ3v) is 3.51. The fraction of sp³-hybridized carbons (Fsp3) is 0.600. The molecule has 0 spiro atoms. The third kappa shape index (κ3) is 5.83. The van der Waals surface area contributed by atoms with Crippen LogP contribution in [0.4, 0.5) is 24.5 Å². The highest BCUT2D eigenvalue weighted by Gasteiger charge is 2.30. The Balaban J connectivity index is 2.40. The molecule has 0 saturated heterocycles. The van der Waals surface area contributed by atoms with Gasteiger partial charge in [-0.2, -0.15) is 13.2 Å². The fourth-order valence-electron chi connectivity index (χ4n) is 1.87. The zero-order chi connectivity index (χ0) is 16.0.